The van der Waals surface area contributed by atoms with Crippen molar-refractivity contribution >= 4 is 45.5 Å². The topological polar surface area (TPSA) is 277 Å². The number of aliphatic carboxylic acids is 2. The summed E-state index contributed by atoms with van der Waals surface area (Å²) < 4.78 is 31.8. The van der Waals surface area contributed by atoms with Crippen molar-refractivity contribution in [2.45, 2.75) is 154 Å². The number of aromatic nitrogens is 4. The molecule has 0 aliphatic heterocycles. The Balaban J connectivity index is 2.15. The SMILES string of the molecule is CCOCCNC(=O)CCC(CC(=O)CCC(NC(=O)CCCS(=O)(=O)NC(=O)CCCCCCCCCCCCCCCc1nn[nH]n1)C(=O)O)C(=O)O. The molecular weight excluding hydrogens is 739 g/mol. The third-order valence-corrected chi connectivity index (χ3v) is 10.3. The Morgan fingerprint density at radius 2 is 1.33 bits per heavy atom. The summed E-state index contributed by atoms with van der Waals surface area (Å²) >= 11 is 0. The lowest BCUT2D eigenvalue weighted by atomic mass is 9.94. The maximum absolute atomic E-state index is 12.5. The molecule has 0 saturated heterocycles. The molecule has 2 unspecified atom stereocenters. The second-order valence-electron chi connectivity index (χ2n) is 13.7. The average Bonchev–Trinajstić information content (AvgIpc) is 3.65. The zero-order valence-corrected chi connectivity index (χ0v) is 33.2. The van der Waals surface area contributed by atoms with Crippen LogP contribution in [-0.4, -0.2) is 106 Å². The second kappa shape index (κ2) is 30.2. The Kier molecular flexibility index (Phi) is 27.0. The van der Waals surface area contributed by atoms with Crippen LogP contribution in [0.25, 0.3) is 0 Å². The third kappa shape index (κ3) is 27.3. The number of ketones is 1. The number of rotatable bonds is 36. The van der Waals surface area contributed by atoms with Crippen LogP contribution in [0, 0.1) is 5.92 Å². The molecule has 0 fully saturated rings. The standard InChI is InChI=1S/C36H63N7O11S/c1-2-54-25-24-37-32(45)23-20-28(35(48)49)27-29(44)21-22-30(36(50)51)38-33(46)19-16-26-55(52,53)41-34(47)18-15-13-11-9-7-5-3-4-6-8-10-12-14-17-31-39-42-43-40-31/h28,30H,2-27H2,1H3,(H,37,45)(H,38,46)(H,41,47)(H,48,49)(H,50,51)(H,39,40,42,43). The third-order valence-electron chi connectivity index (χ3n) is 8.94. The van der Waals surface area contributed by atoms with Crippen LogP contribution in [0.15, 0.2) is 0 Å². The molecule has 0 bridgehead atoms. The molecule has 0 saturated carbocycles. The van der Waals surface area contributed by atoms with E-state index in [1.165, 1.54) is 44.9 Å². The first-order valence-corrected chi connectivity index (χ1v) is 21.3. The molecule has 1 aromatic heterocycles. The molecule has 0 aliphatic carbocycles. The number of carbonyl (C=O) groups is 6. The molecule has 0 spiro atoms. The van der Waals surface area contributed by atoms with E-state index in [0.29, 0.717) is 19.6 Å². The van der Waals surface area contributed by atoms with E-state index in [0.717, 1.165) is 44.3 Å². The lowest BCUT2D eigenvalue weighted by molar-refractivity contribution is -0.145. The summed E-state index contributed by atoms with van der Waals surface area (Å²) in [5.74, 6) is -5.82. The predicted molar refractivity (Wildman–Crippen MR) is 202 cm³/mol. The number of sulfonamides is 1. The number of nitrogens with zero attached hydrogens (tertiary/aromatic N) is 3. The Morgan fingerprint density at radius 3 is 1.89 bits per heavy atom. The molecule has 0 aromatic carbocycles. The molecule has 1 heterocycles. The average molecular weight is 802 g/mol. The van der Waals surface area contributed by atoms with Gasteiger partial charge in [-0.25, -0.2) is 13.2 Å². The number of carboxylic acids is 2. The van der Waals surface area contributed by atoms with E-state index in [1.54, 1.807) is 0 Å². The van der Waals surface area contributed by atoms with E-state index >= 15 is 0 Å². The molecule has 19 heteroatoms. The maximum Gasteiger partial charge on any atom is 0.326 e. The summed E-state index contributed by atoms with van der Waals surface area (Å²) in [4.78, 5) is 72.2. The number of hydrogen-bond donors (Lipinski definition) is 6. The number of tetrazole rings is 1. The molecule has 314 valence electrons. The molecule has 1 rings (SSSR count). The lowest BCUT2D eigenvalue weighted by Gasteiger charge is -2.15. The molecule has 3 amide bonds. The van der Waals surface area contributed by atoms with Gasteiger partial charge in [0, 0.05) is 51.7 Å². The minimum atomic E-state index is -3.99. The first kappa shape index (κ1) is 49.0. The van der Waals surface area contributed by atoms with E-state index in [9.17, 15) is 47.4 Å². The molecule has 1 aromatic rings. The van der Waals surface area contributed by atoms with E-state index in [4.69, 9.17) is 4.74 Å². The van der Waals surface area contributed by atoms with Gasteiger partial charge >= 0.3 is 11.9 Å². The van der Waals surface area contributed by atoms with Crippen molar-refractivity contribution in [2.24, 2.45) is 5.92 Å². The van der Waals surface area contributed by atoms with Crippen molar-refractivity contribution in [3.8, 4) is 0 Å². The van der Waals surface area contributed by atoms with Crippen LogP contribution in [0.4, 0.5) is 0 Å². The molecule has 2 atom stereocenters. The van der Waals surface area contributed by atoms with E-state index < -0.39 is 63.7 Å². The van der Waals surface area contributed by atoms with Crippen LogP contribution in [-0.2, 0) is 49.9 Å². The largest absolute Gasteiger partial charge is 0.481 e. The quantitative estimate of drug-likeness (QED) is 0.0531. The number of carbonyl (C=O) groups excluding carboxylic acids is 4. The van der Waals surface area contributed by atoms with Crippen molar-refractivity contribution in [3.05, 3.63) is 5.82 Å². The van der Waals surface area contributed by atoms with Gasteiger partial charge in [-0.05, 0) is 39.0 Å². The normalized spacial score (nSPS) is 12.5. The fraction of sp³-hybridized carbons (Fsp3) is 0.806. The highest BCUT2D eigenvalue weighted by atomic mass is 32.2. The molecule has 55 heavy (non-hydrogen) atoms. The van der Waals surface area contributed by atoms with Crippen LogP contribution >= 0.6 is 0 Å². The van der Waals surface area contributed by atoms with Crippen LogP contribution in [0.3, 0.4) is 0 Å². The van der Waals surface area contributed by atoms with Crippen LogP contribution in [0.2, 0.25) is 0 Å². The maximum atomic E-state index is 12.5. The van der Waals surface area contributed by atoms with E-state index in [1.807, 2.05) is 11.6 Å². The summed E-state index contributed by atoms with van der Waals surface area (Å²) in [5.41, 5.74) is 0. The Morgan fingerprint density at radius 1 is 0.727 bits per heavy atom. The summed E-state index contributed by atoms with van der Waals surface area (Å²) in [7, 11) is -3.99. The van der Waals surface area contributed by atoms with Gasteiger partial charge < -0.3 is 25.6 Å². The van der Waals surface area contributed by atoms with Gasteiger partial charge in [0.25, 0.3) is 0 Å². The number of amides is 3. The smallest absolute Gasteiger partial charge is 0.326 e. The summed E-state index contributed by atoms with van der Waals surface area (Å²) in [6.45, 7) is 2.89. The van der Waals surface area contributed by atoms with Gasteiger partial charge in [0.15, 0.2) is 5.82 Å². The van der Waals surface area contributed by atoms with Gasteiger partial charge in [0.2, 0.25) is 27.7 Å². The fourth-order valence-electron chi connectivity index (χ4n) is 5.82. The second-order valence-corrected chi connectivity index (χ2v) is 15.6. The Hall–Kier alpha value is -4.00. The molecular formula is C36H63N7O11S. The molecule has 0 aliphatic rings. The van der Waals surface area contributed by atoms with Crippen molar-refractivity contribution < 1.29 is 52.1 Å². The minimum Gasteiger partial charge on any atom is -0.481 e. The number of hydrogen-bond acceptors (Lipinski definition) is 12. The molecule has 0 radical (unpaired) electrons. The number of aromatic amines is 1. The van der Waals surface area contributed by atoms with Crippen molar-refractivity contribution in [3.63, 3.8) is 0 Å². The van der Waals surface area contributed by atoms with Gasteiger partial charge in [-0.15, -0.1) is 10.2 Å². The zero-order chi connectivity index (χ0) is 40.7. The van der Waals surface area contributed by atoms with Gasteiger partial charge in [-0.3, -0.25) is 28.7 Å². The van der Waals surface area contributed by atoms with Crippen molar-refractivity contribution in [1.82, 2.24) is 36.0 Å². The van der Waals surface area contributed by atoms with E-state index in [2.05, 4.69) is 31.3 Å². The number of unbranched alkanes of at least 4 members (excludes halogenated alkanes) is 12. The molecule has 18 nitrogen and oxygen atoms in total. The van der Waals surface area contributed by atoms with Crippen LogP contribution in [0.1, 0.15) is 148 Å². The monoisotopic (exact) mass is 801 g/mol. The predicted octanol–water partition coefficient (Wildman–Crippen LogP) is 3.37. The summed E-state index contributed by atoms with van der Waals surface area (Å²) in [6, 6.07) is -1.45. The number of carboxylic acid groups (broad SMARTS) is 2. The summed E-state index contributed by atoms with van der Waals surface area (Å²) in [6.07, 6.45) is 13.4. The van der Waals surface area contributed by atoms with Gasteiger partial charge in [-0.1, -0.05) is 75.8 Å². The Labute approximate surface area is 324 Å². The van der Waals surface area contributed by atoms with Crippen molar-refractivity contribution in [2.75, 3.05) is 25.5 Å². The number of H-pyrrole nitrogens is 1. The highest BCUT2D eigenvalue weighted by Crippen LogP contribution is 2.16. The van der Waals surface area contributed by atoms with Crippen LogP contribution < -0.4 is 15.4 Å². The molecule has 6 N–H and O–H groups in total. The first-order chi connectivity index (χ1) is 26.3. The highest BCUT2D eigenvalue weighted by molar-refractivity contribution is 7.90. The van der Waals surface area contributed by atoms with E-state index in [-0.39, 0.29) is 57.4 Å². The van der Waals surface area contributed by atoms with Gasteiger partial charge in [0.05, 0.1) is 18.3 Å². The number of aryl methyl sites for hydroxylation is 1. The minimum absolute atomic E-state index is 0.0747. The Bertz CT molecular complexity index is 1380. The number of Topliss-reactive ketones (excluding diaryl/α,β-unsaturated/α-hetero) is 1. The number of nitrogens with one attached hydrogen (secondary N) is 4. The first-order valence-electron chi connectivity index (χ1n) is 19.7. The zero-order valence-electron chi connectivity index (χ0n) is 32.4. The highest BCUT2D eigenvalue weighted by Gasteiger charge is 2.25. The lowest BCUT2D eigenvalue weighted by Crippen LogP contribution is -2.41. The summed E-state index contributed by atoms with van der Waals surface area (Å²) in [5, 5.41) is 37.7. The van der Waals surface area contributed by atoms with Gasteiger partial charge in [-0.2, -0.15) is 5.21 Å². The number of ether oxygens (including phenoxy) is 1. The fourth-order valence-corrected chi connectivity index (χ4v) is 6.89. The van der Waals surface area contributed by atoms with Crippen LogP contribution in [0.5, 0.6) is 0 Å². The van der Waals surface area contributed by atoms with Crippen molar-refractivity contribution in [1.29, 1.82) is 0 Å². The van der Waals surface area contributed by atoms with Gasteiger partial charge in [0.1, 0.15) is 11.8 Å².